The monoisotopic (exact) mass is 326 g/mol. The summed E-state index contributed by atoms with van der Waals surface area (Å²) in [6.07, 6.45) is 11.6. The van der Waals surface area contributed by atoms with Crippen molar-refractivity contribution in [2.75, 3.05) is 6.54 Å². The fourth-order valence-corrected chi connectivity index (χ4v) is 3.44. The van der Waals surface area contributed by atoms with E-state index < -0.39 is 0 Å². The van der Waals surface area contributed by atoms with Gasteiger partial charge in [-0.15, -0.1) is 0 Å². The van der Waals surface area contributed by atoms with Crippen molar-refractivity contribution in [2.45, 2.75) is 51.9 Å². The third-order valence-corrected chi connectivity index (χ3v) is 4.74. The van der Waals surface area contributed by atoms with Crippen LogP contribution >= 0.6 is 0 Å². The molecule has 24 heavy (non-hydrogen) atoms. The minimum absolute atomic E-state index is 0.00814. The third kappa shape index (κ3) is 3.83. The third-order valence-electron chi connectivity index (χ3n) is 4.74. The van der Waals surface area contributed by atoms with Crippen LogP contribution in [0.4, 0.5) is 0 Å². The molecule has 2 aromatic heterocycles. The number of pyridine rings is 1. The van der Waals surface area contributed by atoms with Gasteiger partial charge in [0.1, 0.15) is 0 Å². The van der Waals surface area contributed by atoms with Gasteiger partial charge in [0, 0.05) is 12.7 Å². The Morgan fingerprint density at radius 3 is 2.83 bits per heavy atom. The van der Waals surface area contributed by atoms with Crippen molar-refractivity contribution in [2.24, 2.45) is 5.92 Å². The Labute approximate surface area is 143 Å². The van der Waals surface area contributed by atoms with Crippen LogP contribution in [0, 0.1) is 5.92 Å². The van der Waals surface area contributed by atoms with Crippen molar-refractivity contribution in [3.05, 3.63) is 41.9 Å². The molecule has 0 saturated heterocycles. The average molecular weight is 326 g/mol. The highest BCUT2D eigenvalue weighted by Gasteiger charge is 2.20. The smallest absolute Gasteiger partial charge is 0.254 e. The van der Waals surface area contributed by atoms with Crippen molar-refractivity contribution in [3.8, 4) is 5.82 Å². The highest BCUT2D eigenvalue weighted by atomic mass is 16.1. The lowest BCUT2D eigenvalue weighted by Crippen LogP contribution is -2.30. The minimum Gasteiger partial charge on any atom is -0.352 e. The van der Waals surface area contributed by atoms with Gasteiger partial charge in [0.2, 0.25) is 0 Å². The first-order valence-corrected chi connectivity index (χ1v) is 9.06. The number of nitrogens with one attached hydrogen (secondary N) is 1. The van der Waals surface area contributed by atoms with E-state index in [0.29, 0.717) is 11.5 Å². The Balaban J connectivity index is 1.74. The number of amides is 1. The van der Waals surface area contributed by atoms with Crippen LogP contribution in [0.1, 0.15) is 61.5 Å². The molecule has 5 nitrogen and oxygen atoms in total. The molecule has 0 unspecified atom stereocenters. The highest BCUT2D eigenvalue weighted by molar-refractivity contribution is 5.95. The van der Waals surface area contributed by atoms with Crippen LogP contribution in [0.25, 0.3) is 5.82 Å². The summed E-state index contributed by atoms with van der Waals surface area (Å²) in [6, 6.07) is 5.72. The fraction of sp³-hybridized carbons (Fsp3) is 0.526. The molecule has 1 aliphatic carbocycles. The van der Waals surface area contributed by atoms with Gasteiger partial charge in [-0.1, -0.05) is 38.7 Å². The van der Waals surface area contributed by atoms with E-state index >= 15 is 0 Å². The Kier molecular flexibility index (Phi) is 5.62. The zero-order chi connectivity index (χ0) is 16.8. The van der Waals surface area contributed by atoms with E-state index in [-0.39, 0.29) is 5.91 Å². The molecule has 128 valence electrons. The maximum atomic E-state index is 12.6. The fourth-order valence-electron chi connectivity index (χ4n) is 3.44. The van der Waals surface area contributed by atoms with Crippen LogP contribution < -0.4 is 5.32 Å². The molecule has 3 rings (SSSR count). The topological polar surface area (TPSA) is 59.8 Å². The van der Waals surface area contributed by atoms with Gasteiger partial charge in [-0.25, -0.2) is 9.67 Å². The predicted octanol–water partition coefficient (Wildman–Crippen LogP) is 3.53. The van der Waals surface area contributed by atoms with Crippen LogP contribution in [-0.2, 0) is 6.42 Å². The molecule has 0 atom stereocenters. The molecule has 0 spiro atoms. The molecule has 1 saturated carbocycles. The largest absolute Gasteiger partial charge is 0.352 e. The standard InChI is InChI=1S/C19H26N4O/c1-2-8-17-16(14-22-23(17)18-11-6-7-12-20-18)19(24)21-13-15-9-4-3-5-10-15/h6-7,11-12,14-15H,2-5,8-10,13H2,1H3,(H,21,24). The zero-order valence-electron chi connectivity index (χ0n) is 14.4. The van der Waals surface area contributed by atoms with E-state index in [9.17, 15) is 4.79 Å². The quantitative estimate of drug-likeness (QED) is 0.883. The summed E-state index contributed by atoms with van der Waals surface area (Å²) in [5.74, 6) is 1.38. The lowest BCUT2D eigenvalue weighted by molar-refractivity contribution is 0.0942. The van der Waals surface area contributed by atoms with Gasteiger partial charge in [0.25, 0.3) is 5.91 Å². The summed E-state index contributed by atoms with van der Waals surface area (Å²) in [5.41, 5.74) is 1.62. The van der Waals surface area contributed by atoms with E-state index in [2.05, 4.69) is 22.3 Å². The number of hydrogen-bond acceptors (Lipinski definition) is 3. The number of hydrogen-bond donors (Lipinski definition) is 1. The minimum atomic E-state index is -0.00814. The van der Waals surface area contributed by atoms with Crippen molar-refractivity contribution in [3.63, 3.8) is 0 Å². The second-order valence-electron chi connectivity index (χ2n) is 6.57. The van der Waals surface area contributed by atoms with E-state index in [1.807, 2.05) is 18.2 Å². The average Bonchev–Trinajstić information content (AvgIpc) is 3.05. The predicted molar refractivity (Wildman–Crippen MR) is 94.3 cm³/mol. The van der Waals surface area contributed by atoms with Gasteiger partial charge >= 0.3 is 0 Å². The second kappa shape index (κ2) is 8.08. The van der Waals surface area contributed by atoms with Crippen molar-refractivity contribution >= 4 is 5.91 Å². The zero-order valence-corrected chi connectivity index (χ0v) is 14.4. The number of rotatable bonds is 6. The number of carbonyl (C=O) groups is 1. The highest BCUT2D eigenvalue weighted by Crippen LogP contribution is 2.23. The molecule has 0 radical (unpaired) electrons. The summed E-state index contributed by atoms with van der Waals surface area (Å²) < 4.78 is 1.79. The second-order valence-corrected chi connectivity index (χ2v) is 6.57. The lowest BCUT2D eigenvalue weighted by Gasteiger charge is -2.21. The number of nitrogens with zero attached hydrogens (tertiary/aromatic N) is 3. The molecule has 0 aromatic carbocycles. The van der Waals surface area contributed by atoms with Gasteiger partial charge in [-0.05, 0) is 37.3 Å². The normalized spacial score (nSPS) is 15.4. The van der Waals surface area contributed by atoms with Crippen LogP contribution in [0.15, 0.2) is 30.6 Å². The molecule has 0 bridgehead atoms. The molecule has 1 amide bonds. The van der Waals surface area contributed by atoms with Gasteiger partial charge in [0.15, 0.2) is 5.82 Å². The number of carbonyl (C=O) groups excluding carboxylic acids is 1. The Morgan fingerprint density at radius 1 is 1.29 bits per heavy atom. The molecule has 1 N–H and O–H groups in total. The van der Waals surface area contributed by atoms with Crippen molar-refractivity contribution in [1.29, 1.82) is 0 Å². The van der Waals surface area contributed by atoms with Gasteiger partial charge in [-0.2, -0.15) is 5.10 Å². The summed E-state index contributed by atoms with van der Waals surface area (Å²) in [7, 11) is 0. The van der Waals surface area contributed by atoms with Gasteiger partial charge in [-0.3, -0.25) is 4.79 Å². The van der Waals surface area contributed by atoms with Crippen molar-refractivity contribution in [1.82, 2.24) is 20.1 Å². The molecular weight excluding hydrogens is 300 g/mol. The van der Waals surface area contributed by atoms with Crippen molar-refractivity contribution < 1.29 is 4.79 Å². The van der Waals surface area contributed by atoms with E-state index in [1.165, 1.54) is 32.1 Å². The molecule has 1 aliphatic rings. The Morgan fingerprint density at radius 2 is 2.12 bits per heavy atom. The SMILES string of the molecule is CCCc1c(C(=O)NCC2CCCCC2)cnn1-c1ccccn1. The molecule has 5 heteroatoms. The van der Waals surface area contributed by atoms with E-state index in [4.69, 9.17) is 0 Å². The summed E-state index contributed by atoms with van der Waals surface area (Å²) in [5, 5.41) is 7.53. The van der Waals surface area contributed by atoms with Crippen LogP contribution in [0.3, 0.4) is 0 Å². The maximum Gasteiger partial charge on any atom is 0.254 e. The first kappa shape index (κ1) is 16.7. The van der Waals surface area contributed by atoms with Gasteiger partial charge in [0.05, 0.1) is 17.5 Å². The van der Waals surface area contributed by atoms with Crippen LogP contribution in [0.5, 0.6) is 0 Å². The Bertz CT molecular complexity index is 659. The molecular formula is C19H26N4O. The summed E-state index contributed by atoms with van der Waals surface area (Å²) >= 11 is 0. The molecule has 2 heterocycles. The maximum absolute atomic E-state index is 12.6. The lowest BCUT2D eigenvalue weighted by atomic mass is 9.89. The molecule has 1 fully saturated rings. The summed E-state index contributed by atoms with van der Waals surface area (Å²) in [4.78, 5) is 17.0. The first-order valence-electron chi connectivity index (χ1n) is 9.06. The molecule has 0 aliphatic heterocycles. The van der Waals surface area contributed by atoms with E-state index in [0.717, 1.165) is 30.9 Å². The van der Waals surface area contributed by atoms with Crippen LogP contribution in [0.2, 0.25) is 0 Å². The summed E-state index contributed by atoms with van der Waals surface area (Å²) in [6.45, 7) is 2.89. The molecule has 2 aromatic rings. The Hall–Kier alpha value is -2.17. The van der Waals surface area contributed by atoms with Gasteiger partial charge < -0.3 is 5.32 Å². The first-order chi connectivity index (χ1) is 11.8. The number of aromatic nitrogens is 3. The van der Waals surface area contributed by atoms with Crippen LogP contribution in [-0.4, -0.2) is 27.2 Å². The van der Waals surface area contributed by atoms with E-state index in [1.54, 1.807) is 17.1 Å².